The van der Waals surface area contributed by atoms with Gasteiger partial charge in [0.25, 0.3) is 0 Å². The SMILES string of the molecule is Cc1cccn2cc(-c3ccccc3)cc12.Cl. The van der Waals surface area contributed by atoms with Gasteiger partial charge in [0.1, 0.15) is 0 Å². The largest absolute Gasteiger partial charge is 0.323 e. The minimum atomic E-state index is 0. The third kappa shape index (κ3) is 2.06. The van der Waals surface area contributed by atoms with E-state index in [1.807, 2.05) is 6.07 Å². The van der Waals surface area contributed by atoms with Crippen LogP contribution in [0.2, 0.25) is 0 Å². The van der Waals surface area contributed by atoms with E-state index in [1.165, 1.54) is 22.2 Å². The highest BCUT2D eigenvalue weighted by atomic mass is 35.5. The number of pyridine rings is 1. The summed E-state index contributed by atoms with van der Waals surface area (Å²) in [6, 6.07) is 16.9. The third-order valence-corrected chi connectivity index (χ3v) is 2.95. The molecule has 0 fully saturated rings. The lowest BCUT2D eigenvalue weighted by Crippen LogP contribution is -1.82. The van der Waals surface area contributed by atoms with Crippen molar-refractivity contribution in [3.8, 4) is 11.1 Å². The van der Waals surface area contributed by atoms with Gasteiger partial charge in [-0.15, -0.1) is 12.4 Å². The van der Waals surface area contributed by atoms with Crippen LogP contribution in [0.25, 0.3) is 16.6 Å². The van der Waals surface area contributed by atoms with Crippen LogP contribution in [0.3, 0.4) is 0 Å². The zero-order valence-corrected chi connectivity index (χ0v) is 10.4. The summed E-state index contributed by atoms with van der Waals surface area (Å²) in [6.45, 7) is 2.14. The molecule has 2 heterocycles. The maximum Gasteiger partial charge on any atom is 0.0485 e. The molecule has 2 aromatic heterocycles. The fraction of sp³-hybridized carbons (Fsp3) is 0.0667. The van der Waals surface area contributed by atoms with Crippen LogP contribution in [0.5, 0.6) is 0 Å². The Hall–Kier alpha value is -1.73. The molecule has 0 N–H and O–H groups in total. The van der Waals surface area contributed by atoms with Crippen LogP contribution in [0.1, 0.15) is 5.56 Å². The highest BCUT2D eigenvalue weighted by Gasteiger charge is 2.02. The molecule has 0 radical (unpaired) electrons. The quantitative estimate of drug-likeness (QED) is 0.599. The molecule has 0 bridgehead atoms. The van der Waals surface area contributed by atoms with E-state index in [0.717, 1.165) is 0 Å². The lowest BCUT2D eigenvalue weighted by molar-refractivity contribution is 1.18. The highest BCUT2D eigenvalue weighted by Crippen LogP contribution is 2.23. The van der Waals surface area contributed by atoms with Crippen LogP contribution < -0.4 is 0 Å². The predicted octanol–water partition coefficient (Wildman–Crippen LogP) is 4.34. The second-order valence-corrected chi connectivity index (χ2v) is 4.08. The molecule has 0 atom stereocenters. The molecule has 0 aliphatic rings. The van der Waals surface area contributed by atoms with Gasteiger partial charge < -0.3 is 4.40 Å². The molecule has 0 unspecified atom stereocenters. The van der Waals surface area contributed by atoms with Gasteiger partial charge in [0.05, 0.1) is 0 Å². The molecule has 2 heteroatoms. The van der Waals surface area contributed by atoms with E-state index in [0.29, 0.717) is 0 Å². The Morgan fingerprint density at radius 2 is 1.65 bits per heavy atom. The Labute approximate surface area is 107 Å². The van der Waals surface area contributed by atoms with Crippen LogP contribution in [-0.4, -0.2) is 4.40 Å². The summed E-state index contributed by atoms with van der Waals surface area (Å²) in [7, 11) is 0. The average Bonchev–Trinajstić information content (AvgIpc) is 2.76. The Morgan fingerprint density at radius 3 is 2.35 bits per heavy atom. The molecule has 3 rings (SSSR count). The normalized spacial score (nSPS) is 10.2. The third-order valence-electron chi connectivity index (χ3n) is 2.95. The minimum absolute atomic E-state index is 0. The molecule has 17 heavy (non-hydrogen) atoms. The van der Waals surface area contributed by atoms with E-state index < -0.39 is 0 Å². The van der Waals surface area contributed by atoms with Crippen molar-refractivity contribution in [1.29, 1.82) is 0 Å². The standard InChI is InChI=1S/C15H13N.ClH/c1-12-6-5-9-16-11-14(10-15(12)16)13-7-3-2-4-8-13;/h2-11H,1H3;1H. The van der Waals surface area contributed by atoms with Crippen LogP contribution in [-0.2, 0) is 0 Å². The van der Waals surface area contributed by atoms with Gasteiger partial charge in [0, 0.05) is 23.5 Å². The number of halogens is 1. The summed E-state index contributed by atoms with van der Waals surface area (Å²) < 4.78 is 2.18. The first-order chi connectivity index (χ1) is 7.84. The highest BCUT2D eigenvalue weighted by molar-refractivity contribution is 5.85. The maximum atomic E-state index is 2.24. The number of nitrogens with zero attached hydrogens (tertiary/aromatic N) is 1. The molecule has 0 aliphatic carbocycles. The van der Waals surface area contributed by atoms with E-state index in [-0.39, 0.29) is 12.4 Å². The first-order valence-electron chi connectivity index (χ1n) is 5.47. The second kappa shape index (κ2) is 4.64. The Morgan fingerprint density at radius 1 is 0.882 bits per heavy atom. The molecule has 1 aromatic carbocycles. The number of hydrogen-bond acceptors (Lipinski definition) is 0. The van der Waals surface area contributed by atoms with Crippen molar-refractivity contribution in [2.24, 2.45) is 0 Å². The van der Waals surface area contributed by atoms with Gasteiger partial charge in [-0.05, 0) is 30.2 Å². The molecule has 0 saturated carbocycles. The average molecular weight is 244 g/mol. The summed E-state index contributed by atoms with van der Waals surface area (Å²) in [5, 5.41) is 0. The fourth-order valence-electron chi connectivity index (χ4n) is 2.07. The first kappa shape index (κ1) is 11.7. The lowest BCUT2D eigenvalue weighted by Gasteiger charge is -1.95. The van der Waals surface area contributed by atoms with Crippen LogP contribution >= 0.6 is 12.4 Å². The minimum Gasteiger partial charge on any atom is -0.323 e. The van der Waals surface area contributed by atoms with Crippen molar-refractivity contribution >= 4 is 17.9 Å². The molecule has 1 nitrogen and oxygen atoms in total. The molecule has 0 amide bonds. The van der Waals surface area contributed by atoms with Crippen molar-refractivity contribution in [3.05, 3.63) is 66.5 Å². The van der Waals surface area contributed by atoms with Crippen LogP contribution in [0.4, 0.5) is 0 Å². The van der Waals surface area contributed by atoms with E-state index in [4.69, 9.17) is 0 Å². The van der Waals surface area contributed by atoms with Crippen molar-refractivity contribution in [2.75, 3.05) is 0 Å². The first-order valence-corrected chi connectivity index (χ1v) is 5.47. The molecular weight excluding hydrogens is 230 g/mol. The van der Waals surface area contributed by atoms with Gasteiger partial charge >= 0.3 is 0 Å². The van der Waals surface area contributed by atoms with Gasteiger partial charge in [-0.25, -0.2) is 0 Å². The summed E-state index contributed by atoms with van der Waals surface area (Å²) in [4.78, 5) is 0. The summed E-state index contributed by atoms with van der Waals surface area (Å²) in [5.74, 6) is 0. The predicted molar refractivity (Wildman–Crippen MR) is 74.8 cm³/mol. The second-order valence-electron chi connectivity index (χ2n) is 4.08. The number of rotatable bonds is 1. The van der Waals surface area contributed by atoms with Gasteiger partial charge in [-0.3, -0.25) is 0 Å². The van der Waals surface area contributed by atoms with E-state index in [2.05, 4.69) is 66.2 Å². The van der Waals surface area contributed by atoms with Gasteiger partial charge in [0.2, 0.25) is 0 Å². The Balaban J connectivity index is 0.00000108. The number of benzene rings is 1. The van der Waals surface area contributed by atoms with E-state index in [9.17, 15) is 0 Å². The van der Waals surface area contributed by atoms with E-state index in [1.54, 1.807) is 0 Å². The summed E-state index contributed by atoms with van der Waals surface area (Å²) in [6.07, 6.45) is 4.27. The molecule has 86 valence electrons. The molecular formula is C15H14ClN. The van der Waals surface area contributed by atoms with Crippen LogP contribution in [0, 0.1) is 6.92 Å². The topological polar surface area (TPSA) is 4.41 Å². The molecule has 3 aromatic rings. The lowest BCUT2D eigenvalue weighted by atomic mass is 10.1. The molecule has 0 saturated heterocycles. The number of aryl methyl sites for hydroxylation is 1. The molecule has 0 aliphatic heterocycles. The number of fused-ring (bicyclic) bond motifs is 1. The van der Waals surface area contributed by atoms with Gasteiger partial charge in [0.15, 0.2) is 0 Å². The van der Waals surface area contributed by atoms with Crippen molar-refractivity contribution < 1.29 is 0 Å². The van der Waals surface area contributed by atoms with E-state index >= 15 is 0 Å². The fourth-order valence-corrected chi connectivity index (χ4v) is 2.07. The monoisotopic (exact) mass is 243 g/mol. The van der Waals surface area contributed by atoms with Gasteiger partial charge in [-0.1, -0.05) is 36.4 Å². The zero-order valence-electron chi connectivity index (χ0n) is 9.63. The van der Waals surface area contributed by atoms with Gasteiger partial charge in [-0.2, -0.15) is 0 Å². The number of hydrogen-bond donors (Lipinski definition) is 0. The summed E-state index contributed by atoms with van der Waals surface area (Å²) in [5.41, 5.74) is 5.13. The Kier molecular flexibility index (Phi) is 3.21. The van der Waals surface area contributed by atoms with Crippen molar-refractivity contribution in [1.82, 2.24) is 4.40 Å². The number of aromatic nitrogens is 1. The van der Waals surface area contributed by atoms with Crippen LogP contribution in [0.15, 0.2) is 60.9 Å². The van der Waals surface area contributed by atoms with Crippen molar-refractivity contribution in [3.63, 3.8) is 0 Å². The maximum absolute atomic E-state index is 2.24. The van der Waals surface area contributed by atoms with Crippen molar-refractivity contribution in [2.45, 2.75) is 6.92 Å². The summed E-state index contributed by atoms with van der Waals surface area (Å²) >= 11 is 0. The molecule has 0 spiro atoms. The zero-order chi connectivity index (χ0) is 11.0. The smallest absolute Gasteiger partial charge is 0.0485 e. The Bertz CT molecular complexity index is 626.